The lowest BCUT2D eigenvalue weighted by atomic mass is 10.3. The van der Waals surface area contributed by atoms with E-state index >= 15 is 0 Å². The van der Waals surface area contributed by atoms with Gasteiger partial charge in [0.1, 0.15) is 10.3 Å². The summed E-state index contributed by atoms with van der Waals surface area (Å²) < 4.78 is 0. The Hall–Kier alpha value is -2.18. The molecular weight excluding hydrogens is 307 g/mol. The van der Waals surface area contributed by atoms with E-state index in [0.29, 0.717) is 5.15 Å². The van der Waals surface area contributed by atoms with Crippen LogP contribution < -0.4 is 0 Å². The van der Waals surface area contributed by atoms with Gasteiger partial charge in [0, 0.05) is 12.4 Å². The van der Waals surface area contributed by atoms with Crippen molar-refractivity contribution < 1.29 is 19.8 Å². The van der Waals surface area contributed by atoms with Gasteiger partial charge in [-0.25, -0.2) is 19.6 Å². The van der Waals surface area contributed by atoms with Crippen LogP contribution in [-0.4, -0.2) is 32.1 Å². The summed E-state index contributed by atoms with van der Waals surface area (Å²) in [6.45, 7) is 0. The van der Waals surface area contributed by atoms with E-state index in [2.05, 4.69) is 9.97 Å². The number of aromatic nitrogens is 2. The molecule has 0 aliphatic rings. The van der Waals surface area contributed by atoms with Crippen molar-refractivity contribution in [2.24, 2.45) is 0 Å². The smallest absolute Gasteiger partial charge is 0.338 e. The van der Waals surface area contributed by atoms with Crippen molar-refractivity contribution in [1.29, 1.82) is 0 Å². The number of carbonyl (C=O) groups is 2. The normalized spacial score (nSPS) is 9.30. The molecule has 20 heavy (non-hydrogen) atoms. The fraction of sp³-hybridized carbons (Fsp3) is 0. The first-order chi connectivity index (χ1) is 9.41. The van der Waals surface area contributed by atoms with Crippen LogP contribution in [0.1, 0.15) is 20.7 Å². The van der Waals surface area contributed by atoms with E-state index < -0.39 is 11.9 Å². The van der Waals surface area contributed by atoms with Gasteiger partial charge in [-0.3, -0.25) is 0 Å². The maximum atomic E-state index is 10.3. The van der Waals surface area contributed by atoms with Gasteiger partial charge in [-0.2, -0.15) is 0 Å². The summed E-state index contributed by atoms with van der Waals surface area (Å²) in [4.78, 5) is 27.7. The molecule has 0 aliphatic carbocycles. The molecule has 2 aromatic heterocycles. The third kappa shape index (κ3) is 4.83. The van der Waals surface area contributed by atoms with E-state index in [0.717, 1.165) is 0 Å². The monoisotopic (exact) mass is 314 g/mol. The van der Waals surface area contributed by atoms with Crippen LogP contribution in [0.5, 0.6) is 0 Å². The third-order valence-corrected chi connectivity index (χ3v) is 2.49. The van der Waals surface area contributed by atoms with Gasteiger partial charge < -0.3 is 10.2 Å². The molecule has 2 heterocycles. The zero-order valence-corrected chi connectivity index (χ0v) is 11.3. The van der Waals surface area contributed by atoms with Crippen molar-refractivity contribution in [3.05, 3.63) is 58.1 Å². The number of pyridine rings is 2. The van der Waals surface area contributed by atoms with Gasteiger partial charge in [-0.05, 0) is 24.3 Å². The third-order valence-electron chi connectivity index (χ3n) is 1.96. The fourth-order valence-corrected chi connectivity index (χ4v) is 1.36. The molecule has 6 nitrogen and oxygen atoms in total. The molecule has 104 valence electrons. The van der Waals surface area contributed by atoms with Crippen molar-refractivity contribution in [1.82, 2.24) is 9.97 Å². The molecular formula is C12H8Cl2N2O4. The first-order valence-electron chi connectivity index (χ1n) is 5.10. The van der Waals surface area contributed by atoms with E-state index in [1.54, 1.807) is 0 Å². The van der Waals surface area contributed by atoms with Gasteiger partial charge >= 0.3 is 11.9 Å². The van der Waals surface area contributed by atoms with Crippen LogP contribution >= 0.6 is 23.2 Å². The molecule has 0 radical (unpaired) electrons. The minimum Gasteiger partial charge on any atom is -0.478 e. The van der Waals surface area contributed by atoms with Crippen LogP contribution in [-0.2, 0) is 0 Å². The van der Waals surface area contributed by atoms with E-state index in [1.165, 1.54) is 36.7 Å². The van der Waals surface area contributed by atoms with Crippen LogP contribution in [0.15, 0.2) is 36.7 Å². The van der Waals surface area contributed by atoms with Crippen molar-refractivity contribution in [2.75, 3.05) is 0 Å². The number of hydrogen-bond acceptors (Lipinski definition) is 4. The minimum atomic E-state index is -1.06. The second-order valence-corrected chi connectivity index (χ2v) is 4.07. The Bertz CT molecular complexity index is 617. The lowest BCUT2D eigenvalue weighted by molar-refractivity contribution is 0.0685. The Morgan fingerprint density at radius 3 is 2.10 bits per heavy atom. The van der Waals surface area contributed by atoms with Gasteiger partial charge in [-0.1, -0.05) is 23.2 Å². The van der Waals surface area contributed by atoms with Crippen molar-refractivity contribution in [2.45, 2.75) is 0 Å². The van der Waals surface area contributed by atoms with Gasteiger partial charge in [0.15, 0.2) is 0 Å². The Balaban J connectivity index is 0.000000200. The second kappa shape index (κ2) is 7.42. The summed E-state index contributed by atoms with van der Waals surface area (Å²) in [5.74, 6) is -2.05. The van der Waals surface area contributed by atoms with Crippen molar-refractivity contribution in [3.63, 3.8) is 0 Å². The maximum Gasteiger partial charge on any atom is 0.338 e. The number of carboxylic acid groups (broad SMARTS) is 2. The number of rotatable bonds is 2. The quantitative estimate of drug-likeness (QED) is 0.827. The lowest BCUT2D eigenvalue weighted by Gasteiger charge is -1.93. The second-order valence-electron chi connectivity index (χ2n) is 3.32. The molecule has 0 fully saturated rings. The van der Waals surface area contributed by atoms with Gasteiger partial charge in [0.05, 0.1) is 11.1 Å². The molecule has 2 rings (SSSR count). The number of carboxylic acids is 2. The average Bonchev–Trinajstić information content (AvgIpc) is 2.40. The molecule has 0 bridgehead atoms. The summed E-state index contributed by atoms with van der Waals surface area (Å²) in [6.07, 6.45) is 2.65. The topological polar surface area (TPSA) is 100 Å². The molecule has 0 aromatic carbocycles. The Morgan fingerprint density at radius 1 is 1.00 bits per heavy atom. The highest BCUT2D eigenvalue weighted by Gasteiger charge is 2.06. The largest absolute Gasteiger partial charge is 0.478 e. The van der Waals surface area contributed by atoms with Crippen LogP contribution in [0, 0.1) is 0 Å². The maximum absolute atomic E-state index is 10.3. The predicted octanol–water partition coefficient (Wildman–Crippen LogP) is 2.87. The van der Waals surface area contributed by atoms with E-state index in [-0.39, 0.29) is 16.3 Å². The van der Waals surface area contributed by atoms with Gasteiger partial charge in [0.25, 0.3) is 0 Å². The molecule has 0 spiro atoms. The Morgan fingerprint density at radius 2 is 1.70 bits per heavy atom. The molecule has 0 amide bonds. The summed E-state index contributed by atoms with van der Waals surface area (Å²) in [6, 6.07) is 5.76. The number of aromatic carboxylic acids is 2. The molecule has 0 unspecified atom stereocenters. The zero-order chi connectivity index (χ0) is 15.1. The molecule has 0 saturated carbocycles. The van der Waals surface area contributed by atoms with Gasteiger partial charge in [0.2, 0.25) is 0 Å². The van der Waals surface area contributed by atoms with E-state index in [4.69, 9.17) is 33.4 Å². The lowest BCUT2D eigenvalue weighted by Crippen LogP contribution is -1.97. The number of nitrogens with zero attached hydrogens (tertiary/aromatic N) is 2. The van der Waals surface area contributed by atoms with Crippen LogP contribution in [0.4, 0.5) is 0 Å². The molecule has 0 saturated heterocycles. The summed E-state index contributed by atoms with van der Waals surface area (Å²) in [7, 11) is 0. The van der Waals surface area contributed by atoms with E-state index in [1.807, 2.05) is 0 Å². The molecule has 0 atom stereocenters. The zero-order valence-electron chi connectivity index (χ0n) is 9.83. The Labute approximate surface area is 123 Å². The Kier molecular flexibility index (Phi) is 5.89. The van der Waals surface area contributed by atoms with Crippen LogP contribution in [0.2, 0.25) is 10.3 Å². The van der Waals surface area contributed by atoms with Crippen LogP contribution in [0.3, 0.4) is 0 Å². The molecule has 2 aromatic rings. The minimum absolute atomic E-state index is 0.0231. The highest BCUT2D eigenvalue weighted by atomic mass is 35.5. The number of hydrogen-bond donors (Lipinski definition) is 2. The van der Waals surface area contributed by atoms with Crippen LogP contribution in [0.25, 0.3) is 0 Å². The highest BCUT2D eigenvalue weighted by Crippen LogP contribution is 2.10. The molecule has 0 aliphatic heterocycles. The average molecular weight is 315 g/mol. The highest BCUT2D eigenvalue weighted by molar-refractivity contribution is 6.32. The number of halogens is 2. The summed E-state index contributed by atoms with van der Waals surface area (Å²) in [5, 5.41) is 17.2. The predicted molar refractivity (Wildman–Crippen MR) is 72.4 cm³/mol. The SMILES string of the molecule is O=C(O)c1ccc(Cl)nc1.O=C(O)c1cccnc1Cl. The summed E-state index contributed by atoms with van der Waals surface area (Å²) >= 11 is 10.8. The fourth-order valence-electron chi connectivity index (χ4n) is 1.05. The molecule has 8 heteroatoms. The summed E-state index contributed by atoms with van der Waals surface area (Å²) in [5.41, 5.74) is 0.175. The first-order valence-corrected chi connectivity index (χ1v) is 5.86. The molecule has 2 N–H and O–H groups in total. The van der Waals surface area contributed by atoms with Crippen molar-refractivity contribution >= 4 is 35.1 Å². The van der Waals surface area contributed by atoms with Crippen molar-refractivity contribution in [3.8, 4) is 0 Å². The van der Waals surface area contributed by atoms with Gasteiger partial charge in [-0.15, -0.1) is 0 Å². The first kappa shape index (κ1) is 15.9. The van der Waals surface area contributed by atoms with E-state index in [9.17, 15) is 9.59 Å². The standard InChI is InChI=1S/2C6H4ClNO2/c7-5-2-1-4(3-8-5)6(9)10;7-5-4(6(9)10)2-1-3-8-5/h2*1-3H,(H,9,10).